The van der Waals surface area contributed by atoms with Gasteiger partial charge in [0.1, 0.15) is 5.75 Å². The summed E-state index contributed by atoms with van der Waals surface area (Å²) in [5.41, 5.74) is 6.51. The van der Waals surface area contributed by atoms with E-state index < -0.39 is 0 Å². The number of aromatic hydroxyl groups is 1. The van der Waals surface area contributed by atoms with Gasteiger partial charge in [0.25, 0.3) is 0 Å². The quantitative estimate of drug-likeness (QED) is 0.874. The molecule has 1 aromatic rings. The van der Waals surface area contributed by atoms with E-state index in [4.69, 9.17) is 5.73 Å². The molecule has 0 amide bonds. The predicted molar refractivity (Wildman–Crippen MR) is 70.5 cm³/mol. The summed E-state index contributed by atoms with van der Waals surface area (Å²) in [6, 6.07) is 5.74. The minimum Gasteiger partial charge on any atom is -0.508 e. The molecule has 0 radical (unpaired) electrons. The van der Waals surface area contributed by atoms with Gasteiger partial charge in [-0.1, -0.05) is 22.9 Å². The van der Waals surface area contributed by atoms with Gasteiger partial charge in [0.05, 0.1) is 0 Å². The number of phenols is 1. The summed E-state index contributed by atoms with van der Waals surface area (Å²) >= 11 is 3.43. The number of phenolic OH excluding ortho intramolecular Hbond substituents is 1. The van der Waals surface area contributed by atoms with E-state index in [9.17, 15) is 5.11 Å². The Labute approximate surface area is 105 Å². The molecule has 90 valence electrons. The second-order valence-electron chi connectivity index (χ2n) is 3.90. The lowest BCUT2D eigenvalue weighted by molar-refractivity contribution is 0.240. The highest BCUT2D eigenvalue weighted by atomic mass is 79.9. The Morgan fingerprint density at radius 3 is 2.75 bits per heavy atom. The first-order chi connectivity index (χ1) is 7.60. The van der Waals surface area contributed by atoms with Crippen molar-refractivity contribution >= 4 is 15.9 Å². The van der Waals surface area contributed by atoms with Crippen LogP contribution in [0.15, 0.2) is 22.7 Å². The van der Waals surface area contributed by atoms with E-state index in [1.54, 1.807) is 6.07 Å². The Hall–Kier alpha value is -0.580. The van der Waals surface area contributed by atoms with Gasteiger partial charge < -0.3 is 10.8 Å². The Morgan fingerprint density at radius 1 is 1.50 bits per heavy atom. The predicted octanol–water partition coefficient (Wildman–Crippen LogP) is 2.50. The van der Waals surface area contributed by atoms with Crippen molar-refractivity contribution in [2.24, 2.45) is 5.73 Å². The molecule has 0 spiro atoms. The first-order valence-electron chi connectivity index (χ1n) is 5.48. The van der Waals surface area contributed by atoms with Crippen LogP contribution >= 0.6 is 15.9 Å². The second kappa shape index (κ2) is 6.23. The highest BCUT2D eigenvalue weighted by Crippen LogP contribution is 2.32. The molecule has 0 aliphatic heterocycles. The molecule has 16 heavy (non-hydrogen) atoms. The highest BCUT2D eigenvalue weighted by Gasteiger charge is 2.17. The largest absolute Gasteiger partial charge is 0.508 e. The SMILES string of the molecule is CCC(c1cc(Br)ccc1O)N(C)CCN. The molecule has 1 rings (SSSR count). The van der Waals surface area contributed by atoms with Crippen molar-refractivity contribution in [3.8, 4) is 5.75 Å². The van der Waals surface area contributed by atoms with E-state index in [0.717, 1.165) is 23.0 Å². The zero-order valence-electron chi connectivity index (χ0n) is 9.78. The topological polar surface area (TPSA) is 49.5 Å². The molecule has 0 saturated heterocycles. The lowest BCUT2D eigenvalue weighted by Gasteiger charge is -2.27. The third-order valence-corrected chi connectivity index (χ3v) is 3.24. The maximum atomic E-state index is 9.87. The molecule has 0 fully saturated rings. The van der Waals surface area contributed by atoms with Crippen LogP contribution in [0, 0.1) is 0 Å². The van der Waals surface area contributed by atoms with E-state index in [1.165, 1.54) is 0 Å². The van der Waals surface area contributed by atoms with E-state index in [0.29, 0.717) is 12.3 Å². The summed E-state index contributed by atoms with van der Waals surface area (Å²) in [6.07, 6.45) is 0.945. The van der Waals surface area contributed by atoms with Crippen molar-refractivity contribution in [1.29, 1.82) is 0 Å². The van der Waals surface area contributed by atoms with Gasteiger partial charge in [-0.15, -0.1) is 0 Å². The van der Waals surface area contributed by atoms with Gasteiger partial charge in [-0.25, -0.2) is 0 Å². The fraction of sp³-hybridized carbons (Fsp3) is 0.500. The van der Waals surface area contributed by atoms with Crippen LogP contribution in [-0.4, -0.2) is 30.1 Å². The molecule has 0 bridgehead atoms. The molecular weight excluding hydrogens is 268 g/mol. The van der Waals surface area contributed by atoms with Crippen LogP contribution in [-0.2, 0) is 0 Å². The van der Waals surface area contributed by atoms with Gasteiger partial charge in [0.15, 0.2) is 0 Å². The van der Waals surface area contributed by atoms with Gasteiger partial charge >= 0.3 is 0 Å². The molecule has 1 aromatic carbocycles. The molecule has 0 aromatic heterocycles. The summed E-state index contributed by atoms with van der Waals surface area (Å²) in [5.74, 6) is 0.346. The number of nitrogens with two attached hydrogens (primary N) is 1. The summed E-state index contributed by atoms with van der Waals surface area (Å²) in [7, 11) is 2.03. The Kier molecular flexibility index (Phi) is 5.25. The van der Waals surface area contributed by atoms with E-state index in [2.05, 4.69) is 27.8 Å². The highest BCUT2D eigenvalue weighted by molar-refractivity contribution is 9.10. The van der Waals surface area contributed by atoms with E-state index in [-0.39, 0.29) is 6.04 Å². The van der Waals surface area contributed by atoms with Crippen molar-refractivity contribution in [3.05, 3.63) is 28.2 Å². The molecular formula is C12H19BrN2O. The van der Waals surface area contributed by atoms with Crippen molar-refractivity contribution in [1.82, 2.24) is 4.90 Å². The minimum absolute atomic E-state index is 0.209. The molecule has 0 heterocycles. The molecule has 4 heteroatoms. The van der Waals surface area contributed by atoms with Crippen LogP contribution in [0.25, 0.3) is 0 Å². The number of halogens is 1. The van der Waals surface area contributed by atoms with Crippen LogP contribution in [0.4, 0.5) is 0 Å². The van der Waals surface area contributed by atoms with Crippen molar-refractivity contribution in [2.75, 3.05) is 20.1 Å². The van der Waals surface area contributed by atoms with Gasteiger partial charge in [0, 0.05) is 29.2 Å². The molecule has 1 unspecified atom stereocenters. The van der Waals surface area contributed by atoms with Crippen LogP contribution in [0.3, 0.4) is 0 Å². The lowest BCUT2D eigenvalue weighted by Crippen LogP contribution is -2.29. The first kappa shape index (κ1) is 13.5. The average Bonchev–Trinajstić information content (AvgIpc) is 2.24. The molecule has 0 aliphatic rings. The third kappa shape index (κ3) is 3.20. The third-order valence-electron chi connectivity index (χ3n) is 2.75. The number of hydrogen-bond acceptors (Lipinski definition) is 3. The van der Waals surface area contributed by atoms with Crippen LogP contribution in [0.5, 0.6) is 5.75 Å². The fourth-order valence-corrected chi connectivity index (χ4v) is 2.30. The summed E-state index contributed by atoms with van der Waals surface area (Å²) in [4.78, 5) is 2.17. The Morgan fingerprint density at radius 2 is 2.19 bits per heavy atom. The van der Waals surface area contributed by atoms with Crippen molar-refractivity contribution in [2.45, 2.75) is 19.4 Å². The number of hydrogen-bond donors (Lipinski definition) is 2. The second-order valence-corrected chi connectivity index (χ2v) is 4.81. The van der Waals surface area contributed by atoms with Gasteiger partial charge in [-0.3, -0.25) is 4.90 Å². The maximum Gasteiger partial charge on any atom is 0.120 e. The summed E-state index contributed by atoms with van der Waals surface area (Å²) in [5, 5.41) is 9.87. The number of likely N-dealkylation sites (N-methyl/N-ethyl adjacent to an activating group) is 1. The zero-order chi connectivity index (χ0) is 12.1. The van der Waals surface area contributed by atoms with Crippen molar-refractivity contribution in [3.63, 3.8) is 0 Å². The monoisotopic (exact) mass is 286 g/mol. The molecule has 1 atom stereocenters. The minimum atomic E-state index is 0.209. The summed E-state index contributed by atoms with van der Waals surface area (Å²) in [6.45, 7) is 3.56. The lowest BCUT2D eigenvalue weighted by atomic mass is 10.0. The van der Waals surface area contributed by atoms with Gasteiger partial charge in [-0.05, 0) is 31.7 Å². The fourth-order valence-electron chi connectivity index (χ4n) is 1.92. The standard InChI is InChI=1S/C12H19BrN2O/c1-3-11(15(2)7-6-14)10-8-9(13)4-5-12(10)16/h4-5,8,11,16H,3,6-7,14H2,1-2H3. The number of rotatable bonds is 5. The van der Waals surface area contributed by atoms with Gasteiger partial charge in [-0.2, -0.15) is 0 Å². The Bertz CT molecular complexity index is 344. The molecule has 0 aliphatic carbocycles. The summed E-state index contributed by atoms with van der Waals surface area (Å²) < 4.78 is 0.986. The average molecular weight is 287 g/mol. The van der Waals surface area contributed by atoms with Crippen molar-refractivity contribution < 1.29 is 5.11 Å². The first-order valence-corrected chi connectivity index (χ1v) is 6.28. The Balaban J connectivity index is 2.98. The number of benzene rings is 1. The molecule has 0 saturated carbocycles. The molecule has 3 N–H and O–H groups in total. The van der Waals surface area contributed by atoms with Gasteiger partial charge in [0.2, 0.25) is 0 Å². The van der Waals surface area contributed by atoms with E-state index >= 15 is 0 Å². The maximum absolute atomic E-state index is 9.87. The van der Waals surface area contributed by atoms with Crippen LogP contribution in [0.2, 0.25) is 0 Å². The normalized spacial score (nSPS) is 13.1. The smallest absolute Gasteiger partial charge is 0.120 e. The van der Waals surface area contributed by atoms with Crippen LogP contribution in [0.1, 0.15) is 24.9 Å². The molecule has 3 nitrogen and oxygen atoms in total. The number of nitrogens with zero attached hydrogens (tertiary/aromatic N) is 1. The van der Waals surface area contributed by atoms with Crippen LogP contribution < -0.4 is 5.73 Å². The zero-order valence-corrected chi connectivity index (χ0v) is 11.4. The van der Waals surface area contributed by atoms with E-state index in [1.807, 2.05) is 19.2 Å².